The Morgan fingerprint density at radius 1 is 0.531 bits per heavy atom. The molecule has 9 aromatic rings. The van der Waals surface area contributed by atoms with Gasteiger partial charge in [-0.15, -0.1) is 0 Å². The zero-order valence-corrected chi connectivity index (χ0v) is 27.8. The first-order valence-electron chi connectivity index (χ1n) is 17.2. The van der Waals surface area contributed by atoms with Crippen molar-refractivity contribution in [1.82, 2.24) is 9.13 Å². The van der Waals surface area contributed by atoms with Crippen molar-refractivity contribution in [2.75, 3.05) is 0 Å². The average Bonchev–Trinajstić information content (AvgIpc) is 3.67. The van der Waals surface area contributed by atoms with Crippen molar-refractivity contribution in [2.24, 2.45) is 0 Å². The summed E-state index contributed by atoms with van der Waals surface area (Å²) in [5, 5.41) is 7.56. The number of rotatable bonds is 6. The number of allylic oxidation sites excluding steroid dienone is 4. The molecule has 0 aliphatic carbocycles. The average molecular weight is 629 g/mol. The first kappa shape index (κ1) is 29.1. The van der Waals surface area contributed by atoms with Crippen LogP contribution in [0.4, 0.5) is 0 Å². The van der Waals surface area contributed by atoms with Crippen molar-refractivity contribution in [2.45, 2.75) is 20.3 Å². The molecule has 0 amide bonds. The van der Waals surface area contributed by atoms with Crippen LogP contribution in [0.1, 0.15) is 25.8 Å². The van der Waals surface area contributed by atoms with Gasteiger partial charge >= 0.3 is 0 Å². The van der Waals surface area contributed by atoms with Gasteiger partial charge in [-0.2, -0.15) is 0 Å². The lowest BCUT2D eigenvalue weighted by Crippen LogP contribution is -1.94. The SMILES string of the molecule is C/C=C\C(=C/CC)c1ccc(-n2c3ccccc3c3c(-c4ccc5c(c4)c4ccccc4n5-c4ccc5ccccc5c4)cccc32)cc1. The maximum absolute atomic E-state index is 2.42. The standard InChI is InChI=1S/C47H36N2/c1-3-12-32(13-4-2)34-22-26-37(27-23-34)48-44-20-10-8-17-41(44)47-39(18-11-21-46(47)48)36-25-29-45-42(31-36)40-16-7-9-19-43(40)49(45)38-28-24-33-14-5-6-15-35(33)30-38/h3,5-31H,4H2,1-2H3/b12-3-,32-13+. The second-order valence-corrected chi connectivity index (χ2v) is 12.8. The Balaban J connectivity index is 1.24. The fourth-order valence-electron chi connectivity index (χ4n) is 7.76. The van der Waals surface area contributed by atoms with Gasteiger partial charge in [-0.3, -0.25) is 0 Å². The molecular weight excluding hydrogens is 593 g/mol. The minimum atomic E-state index is 1.01. The molecule has 0 aliphatic rings. The molecule has 9 rings (SSSR count). The third-order valence-electron chi connectivity index (χ3n) is 9.90. The number of para-hydroxylation sites is 2. The van der Waals surface area contributed by atoms with Crippen LogP contribution in [0.25, 0.3) is 82.5 Å². The molecule has 0 N–H and O–H groups in total. The van der Waals surface area contributed by atoms with Crippen LogP contribution >= 0.6 is 0 Å². The van der Waals surface area contributed by atoms with E-state index in [1.807, 2.05) is 0 Å². The van der Waals surface area contributed by atoms with Crippen molar-refractivity contribution < 1.29 is 0 Å². The summed E-state index contributed by atoms with van der Waals surface area (Å²) in [6.45, 7) is 4.27. The summed E-state index contributed by atoms with van der Waals surface area (Å²) in [4.78, 5) is 0. The Morgan fingerprint density at radius 2 is 1.18 bits per heavy atom. The predicted octanol–water partition coefficient (Wildman–Crippen LogP) is 13.1. The van der Waals surface area contributed by atoms with E-state index in [1.54, 1.807) is 0 Å². The van der Waals surface area contributed by atoms with E-state index >= 15 is 0 Å². The van der Waals surface area contributed by atoms with Crippen molar-refractivity contribution in [3.8, 4) is 22.5 Å². The van der Waals surface area contributed by atoms with Crippen LogP contribution < -0.4 is 0 Å². The molecule has 0 bridgehead atoms. The normalized spacial score (nSPS) is 12.4. The molecule has 0 saturated carbocycles. The van der Waals surface area contributed by atoms with Crippen LogP contribution in [0.5, 0.6) is 0 Å². The maximum atomic E-state index is 2.42. The van der Waals surface area contributed by atoms with E-state index in [0.717, 1.165) is 12.1 Å². The zero-order valence-electron chi connectivity index (χ0n) is 27.8. The third kappa shape index (κ3) is 4.71. The van der Waals surface area contributed by atoms with Crippen molar-refractivity contribution in [3.63, 3.8) is 0 Å². The van der Waals surface area contributed by atoms with Crippen LogP contribution in [-0.2, 0) is 0 Å². The van der Waals surface area contributed by atoms with E-state index in [2.05, 4.69) is 193 Å². The highest BCUT2D eigenvalue weighted by atomic mass is 15.0. The Labute approximate surface area is 286 Å². The number of hydrogen-bond donors (Lipinski definition) is 0. The highest BCUT2D eigenvalue weighted by Gasteiger charge is 2.18. The van der Waals surface area contributed by atoms with Crippen LogP contribution in [0.15, 0.2) is 170 Å². The highest BCUT2D eigenvalue weighted by Crippen LogP contribution is 2.41. The quantitative estimate of drug-likeness (QED) is 0.162. The molecule has 0 unspecified atom stereocenters. The molecule has 2 heterocycles. The van der Waals surface area contributed by atoms with Gasteiger partial charge in [0.1, 0.15) is 0 Å². The van der Waals surface area contributed by atoms with Gasteiger partial charge in [0.2, 0.25) is 0 Å². The van der Waals surface area contributed by atoms with E-state index in [1.165, 1.54) is 82.3 Å². The Bertz CT molecular complexity index is 2750. The fourth-order valence-corrected chi connectivity index (χ4v) is 7.76. The van der Waals surface area contributed by atoms with Gasteiger partial charge in [0, 0.05) is 32.9 Å². The Kier molecular flexibility index (Phi) is 7.02. The van der Waals surface area contributed by atoms with Gasteiger partial charge < -0.3 is 9.13 Å². The largest absolute Gasteiger partial charge is 0.309 e. The van der Waals surface area contributed by atoms with Gasteiger partial charge in [0.25, 0.3) is 0 Å². The van der Waals surface area contributed by atoms with E-state index in [9.17, 15) is 0 Å². The van der Waals surface area contributed by atoms with Crippen molar-refractivity contribution >= 4 is 60.0 Å². The van der Waals surface area contributed by atoms with Gasteiger partial charge in [-0.05, 0) is 101 Å². The zero-order chi connectivity index (χ0) is 32.9. The van der Waals surface area contributed by atoms with Crippen molar-refractivity contribution in [3.05, 3.63) is 175 Å². The first-order chi connectivity index (χ1) is 24.2. The summed E-state index contributed by atoms with van der Waals surface area (Å²) in [5.74, 6) is 0. The summed E-state index contributed by atoms with van der Waals surface area (Å²) in [6.07, 6.45) is 7.61. The van der Waals surface area contributed by atoms with E-state index in [-0.39, 0.29) is 0 Å². The summed E-state index contributed by atoms with van der Waals surface area (Å²) in [6, 6.07) is 55.7. The minimum Gasteiger partial charge on any atom is -0.309 e. The van der Waals surface area contributed by atoms with Crippen LogP contribution in [0, 0.1) is 0 Å². The molecule has 0 aliphatic heterocycles. The molecule has 0 fully saturated rings. The van der Waals surface area contributed by atoms with Gasteiger partial charge in [-0.1, -0.05) is 122 Å². The lowest BCUT2D eigenvalue weighted by Gasteiger charge is -2.11. The molecule has 0 saturated heterocycles. The van der Waals surface area contributed by atoms with E-state index in [0.29, 0.717) is 0 Å². The summed E-state index contributed by atoms with van der Waals surface area (Å²) in [7, 11) is 0. The van der Waals surface area contributed by atoms with E-state index < -0.39 is 0 Å². The number of nitrogens with zero attached hydrogens (tertiary/aromatic N) is 2. The smallest absolute Gasteiger partial charge is 0.0547 e. The molecular formula is C47H36N2. The summed E-state index contributed by atoms with van der Waals surface area (Å²) >= 11 is 0. The first-order valence-corrected chi connectivity index (χ1v) is 17.2. The molecule has 234 valence electrons. The minimum absolute atomic E-state index is 1.01. The molecule has 2 aromatic heterocycles. The number of benzene rings is 7. The monoisotopic (exact) mass is 628 g/mol. The second-order valence-electron chi connectivity index (χ2n) is 12.8. The maximum Gasteiger partial charge on any atom is 0.0547 e. The molecule has 0 spiro atoms. The second kappa shape index (κ2) is 11.8. The molecule has 0 atom stereocenters. The lowest BCUT2D eigenvalue weighted by atomic mass is 9.98. The van der Waals surface area contributed by atoms with Gasteiger partial charge in [0.15, 0.2) is 0 Å². The van der Waals surface area contributed by atoms with Gasteiger partial charge in [-0.25, -0.2) is 0 Å². The predicted molar refractivity (Wildman–Crippen MR) is 211 cm³/mol. The number of hydrogen-bond acceptors (Lipinski definition) is 0. The van der Waals surface area contributed by atoms with E-state index in [4.69, 9.17) is 0 Å². The highest BCUT2D eigenvalue weighted by molar-refractivity contribution is 6.17. The summed E-state index contributed by atoms with van der Waals surface area (Å²) in [5.41, 5.74) is 12.2. The topological polar surface area (TPSA) is 9.86 Å². The molecule has 0 radical (unpaired) electrons. The fraction of sp³-hybridized carbons (Fsp3) is 0.0638. The number of aromatic nitrogens is 2. The van der Waals surface area contributed by atoms with Crippen molar-refractivity contribution in [1.29, 1.82) is 0 Å². The molecule has 2 nitrogen and oxygen atoms in total. The molecule has 2 heteroatoms. The van der Waals surface area contributed by atoms with Crippen LogP contribution in [0.3, 0.4) is 0 Å². The lowest BCUT2D eigenvalue weighted by molar-refractivity contribution is 1.18. The third-order valence-corrected chi connectivity index (χ3v) is 9.90. The van der Waals surface area contributed by atoms with Crippen LogP contribution in [-0.4, -0.2) is 9.13 Å². The molecule has 49 heavy (non-hydrogen) atoms. The van der Waals surface area contributed by atoms with Gasteiger partial charge in [0.05, 0.1) is 22.1 Å². The van der Waals surface area contributed by atoms with Crippen LogP contribution in [0.2, 0.25) is 0 Å². The number of fused-ring (bicyclic) bond motifs is 7. The Morgan fingerprint density at radius 3 is 1.98 bits per heavy atom. The summed E-state index contributed by atoms with van der Waals surface area (Å²) < 4.78 is 4.83. The Hall–Kier alpha value is -6.12. The molecule has 7 aromatic carbocycles.